The summed E-state index contributed by atoms with van der Waals surface area (Å²) in [4.78, 5) is 29.3. The molecule has 0 unspecified atom stereocenters. The molecular formula is C34H39NO5S. The van der Waals surface area contributed by atoms with E-state index in [9.17, 15) is 24.9 Å². The third kappa shape index (κ3) is 5.76. The minimum atomic E-state index is -0.810. The maximum absolute atomic E-state index is 13.6. The molecule has 3 N–H and O–H groups in total. The SMILES string of the molecule is CCCC1=C([C@H](O)CC/C(=C/c2ccc(O)c3ccccc23)CC)[C@H](CO)[C@@H]2C(=O)N(Cc3cccs3)C(=O)[C@@H]2C1. The molecule has 41 heavy (non-hydrogen) atoms. The van der Waals surface area contributed by atoms with Crippen LogP contribution in [0.5, 0.6) is 5.75 Å². The number of rotatable bonds is 11. The third-order valence-electron chi connectivity index (χ3n) is 8.76. The fraction of sp³-hybridized carbons (Fsp3) is 0.412. The van der Waals surface area contributed by atoms with Gasteiger partial charge in [0.25, 0.3) is 0 Å². The van der Waals surface area contributed by atoms with Crippen molar-refractivity contribution in [3.63, 3.8) is 0 Å². The van der Waals surface area contributed by atoms with E-state index in [2.05, 4.69) is 19.9 Å². The van der Waals surface area contributed by atoms with Gasteiger partial charge < -0.3 is 15.3 Å². The Morgan fingerprint density at radius 2 is 1.85 bits per heavy atom. The van der Waals surface area contributed by atoms with Crippen LogP contribution in [0, 0.1) is 17.8 Å². The average molecular weight is 574 g/mol. The second-order valence-electron chi connectivity index (χ2n) is 11.2. The number of thiophene rings is 1. The van der Waals surface area contributed by atoms with E-state index in [4.69, 9.17) is 0 Å². The van der Waals surface area contributed by atoms with Crippen LogP contribution in [0.3, 0.4) is 0 Å². The topological polar surface area (TPSA) is 98.1 Å². The van der Waals surface area contributed by atoms with Crippen molar-refractivity contribution in [2.24, 2.45) is 17.8 Å². The van der Waals surface area contributed by atoms with Crippen molar-refractivity contribution < 1.29 is 24.9 Å². The van der Waals surface area contributed by atoms with Gasteiger partial charge in [-0.15, -0.1) is 11.3 Å². The number of imide groups is 1. The summed E-state index contributed by atoms with van der Waals surface area (Å²) in [5.41, 5.74) is 3.97. The molecule has 0 spiro atoms. The largest absolute Gasteiger partial charge is 0.507 e. The van der Waals surface area contributed by atoms with E-state index < -0.39 is 23.9 Å². The minimum Gasteiger partial charge on any atom is -0.507 e. The standard InChI is InChI=1S/C34H39NO5S/c1-3-8-23-18-27-32(34(40)35(33(27)39)19-24-9-7-16-41-24)28(20-36)31(23)30(38)14-12-21(4-2)17-22-13-15-29(37)26-11-6-5-10-25(22)26/h5-7,9-11,13,15-17,27-28,30,32,36-38H,3-4,8,12,14,18-20H2,1-2H3/b21-17+/t27-,28+,30-,32-/m1/s1. The Morgan fingerprint density at radius 1 is 1.07 bits per heavy atom. The van der Waals surface area contributed by atoms with Crippen LogP contribution >= 0.6 is 11.3 Å². The summed E-state index contributed by atoms with van der Waals surface area (Å²) in [6.07, 6.45) is 5.30. The number of likely N-dealkylation sites (tertiary alicyclic amines) is 1. The van der Waals surface area contributed by atoms with Gasteiger partial charge in [0, 0.05) is 16.2 Å². The highest BCUT2D eigenvalue weighted by atomic mass is 32.1. The van der Waals surface area contributed by atoms with Crippen molar-refractivity contribution in [1.82, 2.24) is 4.90 Å². The van der Waals surface area contributed by atoms with E-state index in [1.807, 2.05) is 47.8 Å². The van der Waals surface area contributed by atoms with Crippen LogP contribution in [-0.2, 0) is 16.1 Å². The second-order valence-corrected chi connectivity index (χ2v) is 12.2. The first-order valence-electron chi connectivity index (χ1n) is 14.7. The van der Waals surface area contributed by atoms with Gasteiger partial charge in [0.2, 0.25) is 11.8 Å². The van der Waals surface area contributed by atoms with Gasteiger partial charge in [0.05, 0.1) is 31.1 Å². The predicted molar refractivity (Wildman–Crippen MR) is 163 cm³/mol. The molecule has 5 rings (SSSR count). The van der Waals surface area contributed by atoms with E-state index >= 15 is 0 Å². The number of allylic oxidation sites excluding steroid dienone is 2. The monoisotopic (exact) mass is 573 g/mol. The lowest BCUT2D eigenvalue weighted by atomic mass is 9.67. The molecule has 1 fully saturated rings. The zero-order valence-electron chi connectivity index (χ0n) is 23.8. The quantitative estimate of drug-likeness (QED) is 0.181. The number of fused-ring (bicyclic) bond motifs is 2. The van der Waals surface area contributed by atoms with Gasteiger partial charge in [-0.3, -0.25) is 14.5 Å². The number of phenolic OH excluding ortho intramolecular Hbond substituents is 1. The first kappa shape index (κ1) is 29.2. The fourth-order valence-electron chi connectivity index (χ4n) is 6.76. The molecule has 1 aliphatic heterocycles. The van der Waals surface area contributed by atoms with Gasteiger partial charge in [-0.2, -0.15) is 0 Å². The molecule has 216 valence electrons. The molecule has 0 saturated carbocycles. The average Bonchev–Trinajstić information content (AvgIpc) is 3.58. The maximum Gasteiger partial charge on any atom is 0.234 e. The van der Waals surface area contributed by atoms with Gasteiger partial charge >= 0.3 is 0 Å². The summed E-state index contributed by atoms with van der Waals surface area (Å²) in [6.45, 7) is 4.15. The number of carbonyl (C=O) groups excluding carboxylic acids is 2. The Hall–Kier alpha value is -3.26. The molecule has 2 aliphatic rings. The first-order valence-corrected chi connectivity index (χ1v) is 15.5. The van der Waals surface area contributed by atoms with Crippen molar-refractivity contribution in [2.75, 3.05) is 6.61 Å². The number of aliphatic hydroxyl groups is 2. The Balaban J connectivity index is 1.39. The number of carbonyl (C=O) groups is 2. The van der Waals surface area contributed by atoms with Crippen molar-refractivity contribution in [2.45, 2.75) is 65.0 Å². The second kappa shape index (κ2) is 12.7. The van der Waals surface area contributed by atoms with Crippen LogP contribution in [0.4, 0.5) is 0 Å². The number of aliphatic hydroxyl groups excluding tert-OH is 2. The third-order valence-corrected chi connectivity index (χ3v) is 9.63. The Bertz CT molecular complexity index is 1470. The lowest BCUT2D eigenvalue weighted by molar-refractivity contribution is -0.140. The molecule has 2 amide bonds. The zero-order chi connectivity index (χ0) is 29.1. The van der Waals surface area contributed by atoms with E-state index in [-0.39, 0.29) is 30.7 Å². The number of hydrogen-bond acceptors (Lipinski definition) is 6. The highest BCUT2D eigenvalue weighted by Gasteiger charge is 2.54. The van der Waals surface area contributed by atoms with Gasteiger partial charge in [-0.1, -0.05) is 73.9 Å². The number of nitrogens with zero attached hydrogens (tertiary/aromatic N) is 1. The van der Waals surface area contributed by atoms with Crippen LogP contribution < -0.4 is 0 Å². The molecule has 1 saturated heterocycles. The van der Waals surface area contributed by atoms with Gasteiger partial charge in [-0.05, 0) is 66.1 Å². The van der Waals surface area contributed by atoms with Gasteiger partial charge in [0.15, 0.2) is 0 Å². The van der Waals surface area contributed by atoms with Gasteiger partial charge in [-0.25, -0.2) is 0 Å². The van der Waals surface area contributed by atoms with E-state index in [1.54, 1.807) is 6.07 Å². The molecule has 4 atom stereocenters. The summed E-state index contributed by atoms with van der Waals surface area (Å²) >= 11 is 1.52. The molecule has 1 aliphatic carbocycles. The number of benzene rings is 2. The fourth-order valence-corrected chi connectivity index (χ4v) is 7.45. The summed E-state index contributed by atoms with van der Waals surface area (Å²) in [5, 5.41) is 36.2. The first-order chi connectivity index (χ1) is 19.9. The molecule has 0 radical (unpaired) electrons. The minimum absolute atomic E-state index is 0.161. The smallest absolute Gasteiger partial charge is 0.234 e. The normalized spacial score (nSPS) is 22.1. The molecule has 7 heteroatoms. The highest BCUT2D eigenvalue weighted by molar-refractivity contribution is 7.09. The predicted octanol–water partition coefficient (Wildman–Crippen LogP) is 6.45. The number of phenols is 1. The van der Waals surface area contributed by atoms with Gasteiger partial charge in [0.1, 0.15) is 5.75 Å². The molecule has 2 aromatic carbocycles. The zero-order valence-corrected chi connectivity index (χ0v) is 24.6. The van der Waals surface area contributed by atoms with Crippen molar-refractivity contribution in [1.29, 1.82) is 0 Å². The molecule has 2 heterocycles. The number of aromatic hydroxyl groups is 1. The number of hydrogen-bond donors (Lipinski definition) is 3. The maximum atomic E-state index is 13.6. The summed E-state index contributed by atoms with van der Waals surface area (Å²) < 4.78 is 0. The van der Waals surface area contributed by atoms with Crippen LogP contribution in [0.2, 0.25) is 0 Å². The molecule has 0 bridgehead atoms. The van der Waals surface area contributed by atoms with E-state index in [1.165, 1.54) is 21.8 Å². The Kier molecular flexibility index (Phi) is 9.07. The van der Waals surface area contributed by atoms with E-state index in [0.29, 0.717) is 19.3 Å². The van der Waals surface area contributed by atoms with Crippen LogP contribution in [0.1, 0.15) is 62.8 Å². The van der Waals surface area contributed by atoms with Crippen molar-refractivity contribution >= 4 is 40.0 Å². The lowest BCUT2D eigenvalue weighted by Gasteiger charge is -2.36. The van der Waals surface area contributed by atoms with Crippen LogP contribution in [0.25, 0.3) is 16.8 Å². The van der Waals surface area contributed by atoms with Crippen LogP contribution in [0.15, 0.2) is 70.6 Å². The number of amides is 2. The molecular weight excluding hydrogens is 534 g/mol. The Labute approximate surface area is 245 Å². The highest BCUT2D eigenvalue weighted by Crippen LogP contribution is 2.47. The molecule has 3 aromatic rings. The molecule has 1 aromatic heterocycles. The van der Waals surface area contributed by atoms with Crippen LogP contribution in [-0.4, -0.2) is 44.7 Å². The molecule has 6 nitrogen and oxygen atoms in total. The van der Waals surface area contributed by atoms with E-state index in [0.717, 1.165) is 51.6 Å². The summed E-state index contributed by atoms with van der Waals surface area (Å²) in [7, 11) is 0. The lowest BCUT2D eigenvalue weighted by Crippen LogP contribution is -2.39. The van der Waals surface area contributed by atoms with Crippen molar-refractivity contribution in [3.05, 3.63) is 81.1 Å². The van der Waals surface area contributed by atoms with Crippen molar-refractivity contribution in [3.8, 4) is 5.75 Å². The summed E-state index contributed by atoms with van der Waals surface area (Å²) in [5.74, 6) is -1.83. The Morgan fingerprint density at radius 3 is 2.54 bits per heavy atom. The summed E-state index contributed by atoms with van der Waals surface area (Å²) in [6, 6.07) is 15.2.